The minimum absolute atomic E-state index is 1.03. The monoisotopic (exact) mass is 214 g/mol. The highest BCUT2D eigenvalue weighted by atomic mass is 79.9. The number of hydrogen-bond acceptors (Lipinski definition) is 1. The van der Waals surface area contributed by atoms with Gasteiger partial charge in [-0.1, -0.05) is 35.0 Å². The van der Waals surface area contributed by atoms with Crippen LogP contribution in [0.1, 0.15) is 13.3 Å². The molecular weight excluding hydrogens is 204 g/mol. The van der Waals surface area contributed by atoms with E-state index in [0.29, 0.717) is 0 Å². The fourth-order valence-corrected chi connectivity index (χ4v) is 0.611. The lowest BCUT2D eigenvalue weighted by atomic mass is 10.4. The highest BCUT2D eigenvalue weighted by Crippen LogP contribution is 2.43. The average molecular weight is 215 g/mol. The Hall–Kier alpha value is -0.500. The summed E-state index contributed by atoms with van der Waals surface area (Å²) in [5, 5.41) is 1.13. The van der Waals surface area contributed by atoms with Crippen LogP contribution in [-0.4, -0.2) is 5.33 Å². The minimum Gasteiger partial charge on any atom is -0.450 e. The summed E-state index contributed by atoms with van der Waals surface area (Å²) in [6, 6.07) is 7.84. The molecule has 2 rings (SSSR count). The summed E-state index contributed by atoms with van der Waals surface area (Å²) in [7, 11) is 0. The maximum atomic E-state index is 4.94. The molecule has 0 saturated carbocycles. The SMILES string of the molecule is CCCBr.c1ccc2c(c1)O2. The van der Waals surface area contributed by atoms with E-state index < -0.39 is 0 Å². The van der Waals surface area contributed by atoms with E-state index in [4.69, 9.17) is 4.74 Å². The van der Waals surface area contributed by atoms with Gasteiger partial charge in [0.25, 0.3) is 0 Å². The Bertz CT molecular complexity index is 200. The van der Waals surface area contributed by atoms with Crippen molar-refractivity contribution < 1.29 is 4.74 Å². The number of benzene rings is 1. The van der Waals surface area contributed by atoms with E-state index in [1.807, 2.05) is 24.3 Å². The zero-order chi connectivity index (χ0) is 8.10. The van der Waals surface area contributed by atoms with E-state index in [1.54, 1.807) is 0 Å². The molecule has 0 radical (unpaired) electrons. The molecule has 11 heavy (non-hydrogen) atoms. The molecule has 0 unspecified atom stereocenters. The maximum Gasteiger partial charge on any atom is 0.170 e. The summed E-state index contributed by atoms with van der Waals surface area (Å²) < 4.78 is 4.94. The molecule has 1 aliphatic rings. The molecule has 0 saturated heterocycles. The van der Waals surface area contributed by atoms with Gasteiger partial charge in [0.1, 0.15) is 0 Å². The van der Waals surface area contributed by atoms with Gasteiger partial charge < -0.3 is 4.74 Å². The molecule has 0 aromatic heterocycles. The van der Waals surface area contributed by atoms with Gasteiger partial charge in [-0.05, 0) is 18.6 Å². The maximum absolute atomic E-state index is 4.94. The first-order chi connectivity index (χ1) is 5.38. The molecular formula is C9H11BrO. The molecule has 2 heteroatoms. The molecule has 0 spiro atoms. The molecule has 0 amide bonds. The predicted octanol–water partition coefficient (Wildman–Crippen LogP) is 3.58. The molecule has 1 nitrogen and oxygen atoms in total. The van der Waals surface area contributed by atoms with E-state index >= 15 is 0 Å². The van der Waals surface area contributed by atoms with Crippen LogP contribution < -0.4 is 4.74 Å². The van der Waals surface area contributed by atoms with Crippen molar-refractivity contribution in [1.29, 1.82) is 0 Å². The Kier molecular flexibility index (Phi) is 3.43. The molecule has 60 valence electrons. The van der Waals surface area contributed by atoms with E-state index in [0.717, 1.165) is 16.8 Å². The van der Waals surface area contributed by atoms with Crippen LogP contribution in [-0.2, 0) is 0 Å². The molecule has 0 fully saturated rings. The molecule has 0 bridgehead atoms. The average Bonchev–Trinajstić information content (AvgIpc) is 2.83. The fourth-order valence-electron chi connectivity index (χ4n) is 0.611. The highest BCUT2D eigenvalue weighted by Gasteiger charge is 2.15. The molecule has 1 heterocycles. The molecule has 1 aromatic carbocycles. The lowest BCUT2D eigenvalue weighted by Gasteiger charge is -1.66. The van der Waals surface area contributed by atoms with Crippen LogP contribution in [0.5, 0.6) is 11.5 Å². The minimum atomic E-state index is 1.03. The summed E-state index contributed by atoms with van der Waals surface area (Å²) in [5.41, 5.74) is 0. The first-order valence-corrected chi connectivity index (χ1v) is 4.83. The normalized spacial score (nSPS) is 10.4. The predicted molar refractivity (Wildman–Crippen MR) is 50.6 cm³/mol. The third kappa shape index (κ3) is 2.93. The second kappa shape index (κ2) is 4.39. The Balaban J connectivity index is 0.000000134. The van der Waals surface area contributed by atoms with E-state index in [-0.39, 0.29) is 0 Å². The van der Waals surface area contributed by atoms with Gasteiger partial charge in [0.2, 0.25) is 0 Å². The Morgan fingerprint density at radius 1 is 1.27 bits per heavy atom. The van der Waals surface area contributed by atoms with Crippen LogP contribution in [0, 0.1) is 0 Å². The Labute approximate surface area is 75.5 Å². The number of ether oxygens (including phenoxy) is 1. The fraction of sp³-hybridized carbons (Fsp3) is 0.333. The van der Waals surface area contributed by atoms with Gasteiger partial charge in [0.15, 0.2) is 11.5 Å². The molecule has 0 atom stereocenters. The summed E-state index contributed by atoms with van der Waals surface area (Å²) in [5.74, 6) is 2.06. The molecule has 0 aliphatic carbocycles. The van der Waals surface area contributed by atoms with E-state index in [2.05, 4.69) is 22.9 Å². The van der Waals surface area contributed by atoms with Crippen molar-refractivity contribution in [1.82, 2.24) is 0 Å². The highest BCUT2D eigenvalue weighted by molar-refractivity contribution is 9.09. The Morgan fingerprint density at radius 3 is 2.00 bits per heavy atom. The van der Waals surface area contributed by atoms with Gasteiger partial charge in [0.05, 0.1) is 0 Å². The second-order valence-corrected chi connectivity index (χ2v) is 3.03. The third-order valence-electron chi connectivity index (χ3n) is 1.22. The van der Waals surface area contributed by atoms with Gasteiger partial charge in [-0.15, -0.1) is 0 Å². The first-order valence-electron chi connectivity index (χ1n) is 3.71. The summed E-state index contributed by atoms with van der Waals surface area (Å²) in [6.07, 6.45) is 1.24. The number of fused-ring (bicyclic) bond motifs is 1. The van der Waals surface area contributed by atoms with Gasteiger partial charge in [-0.2, -0.15) is 0 Å². The van der Waals surface area contributed by atoms with E-state index in [9.17, 15) is 0 Å². The second-order valence-electron chi connectivity index (χ2n) is 2.24. The van der Waals surface area contributed by atoms with Crippen LogP contribution in [0.2, 0.25) is 0 Å². The number of para-hydroxylation sites is 2. The van der Waals surface area contributed by atoms with Crippen LogP contribution >= 0.6 is 15.9 Å². The number of alkyl halides is 1. The first kappa shape index (κ1) is 8.60. The lowest BCUT2D eigenvalue weighted by Crippen LogP contribution is -1.54. The van der Waals surface area contributed by atoms with Crippen molar-refractivity contribution in [3.05, 3.63) is 24.3 Å². The van der Waals surface area contributed by atoms with Gasteiger partial charge in [0, 0.05) is 5.33 Å². The van der Waals surface area contributed by atoms with Crippen molar-refractivity contribution in [2.75, 3.05) is 5.33 Å². The van der Waals surface area contributed by atoms with Crippen molar-refractivity contribution in [3.63, 3.8) is 0 Å². The Morgan fingerprint density at radius 2 is 1.73 bits per heavy atom. The zero-order valence-corrected chi connectivity index (χ0v) is 8.10. The quantitative estimate of drug-likeness (QED) is 0.523. The van der Waals surface area contributed by atoms with Crippen molar-refractivity contribution in [3.8, 4) is 11.5 Å². The van der Waals surface area contributed by atoms with Crippen LogP contribution in [0.3, 0.4) is 0 Å². The number of hydrogen-bond donors (Lipinski definition) is 0. The largest absolute Gasteiger partial charge is 0.450 e. The summed E-state index contributed by atoms with van der Waals surface area (Å²) in [6.45, 7) is 2.13. The van der Waals surface area contributed by atoms with E-state index in [1.165, 1.54) is 6.42 Å². The smallest absolute Gasteiger partial charge is 0.170 e. The van der Waals surface area contributed by atoms with Gasteiger partial charge in [-0.3, -0.25) is 0 Å². The standard InChI is InChI=1S/C6H4O.C3H7Br/c1-2-4-6-5(3-1)7-6;1-2-3-4/h1-4H;2-3H2,1H3. The molecule has 1 aliphatic heterocycles. The van der Waals surface area contributed by atoms with Crippen LogP contribution in [0.25, 0.3) is 0 Å². The molecule has 1 aromatic rings. The zero-order valence-electron chi connectivity index (χ0n) is 6.51. The molecule has 0 N–H and O–H groups in total. The third-order valence-corrected chi connectivity index (χ3v) is 2.01. The summed E-state index contributed by atoms with van der Waals surface area (Å²) >= 11 is 3.25. The summed E-state index contributed by atoms with van der Waals surface area (Å²) in [4.78, 5) is 0. The topological polar surface area (TPSA) is 12.5 Å². The van der Waals surface area contributed by atoms with Crippen LogP contribution in [0.15, 0.2) is 24.3 Å². The van der Waals surface area contributed by atoms with Gasteiger partial charge >= 0.3 is 0 Å². The van der Waals surface area contributed by atoms with Crippen LogP contribution in [0.4, 0.5) is 0 Å². The number of halogens is 1. The lowest BCUT2D eigenvalue weighted by molar-refractivity contribution is 0.650. The number of rotatable bonds is 1. The van der Waals surface area contributed by atoms with Crippen molar-refractivity contribution in [2.45, 2.75) is 13.3 Å². The van der Waals surface area contributed by atoms with Crippen molar-refractivity contribution in [2.24, 2.45) is 0 Å². The van der Waals surface area contributed by atoms with Crippen molar-refractivity contribution >= 4 is 15.9 Å². The van der Waals surface area contributed by atoms with Gasteiger partial charge in [-0.25, -0.2) is 0 Å².